The van der Waals surface area contributed by atoms with Crippen molar-refractivity contribution in [3.05, 3.63) is 38.5 Å². The first-order chi connectivity index (χ1) is 11.0. The van der Waals surface area contributed by atoms with Gasteiger partial charge in [-0.3, -0.25) is 4.79 Å². The molecule has 0 saturated heterocycles. The summed E-state index contributed by atoms with van der Waals surface area (Å²) in [7, 11) is 0. The van der Waals surface area contributed by atoms with Crippen molar-refractivity contribution in [3.63, 3.8) is 0 Å². The van der Waals surface area contributed by atoms with Gasteiger partial charge in [-0.1, -0.05) is 18.5 Å². The van der Waals surface area contributed by atoms with Crippen LogP contribution in [0.2, 0.25) is 5.15 Å². The van der Waals surface area contributed by atoms with E-state index < -0.39 is 17.2 Å². The molecule has 0 amide bonds. The summed E-state index contributed by atoms with van der Waals surface area (Å²) in [6.45, 7) is 3.55. The third-order valence-electron chi connectivity index (χ3n) is 3.95. The summed E-state index contributed by atoms with van der Waals surface area (Å²) in [5.74, 6) is -1.41. The summed E-state index contributed by atoms with van der Waals surface area (Å²) in [4.78, 5) is 28.9. The van der Waals surface area contributed by atoms with Crippen molar-refractivity contribution >= 4 is 28.6 Å². The molecule has 0 aliphatic heterocycles. The molecule has 7 heteroatoms. The molecule has 1 fully saturated rings. The minimum atomic E-state index is -0.706. The molecule has 2 aromatic rings. The zero-order chi connectivity index (χ0) is 16.7. The van der Waals surface area contributed by atoms with Gasteiger partial charge in [0, 0.05) is 17.8 Å². The van der Waals surface area contributed by atoms with Crippen molar-refractivity contribution in [1.29, 1.82) is 0 Å². The molecule has 0 bridgehead atoms. The van der Waals surface area contributed by atoms with E-state index in [1.54, 1.807) is 18.4 Å². The largest absolute Gasteiger partial charge is 0.462 e. The Morgan fingerprint density at radius 1 is 1.48 bits per heavy atom. The van der Waals surface area contributed by atoms with E-state index >= 15 is 0 Å². The molecular formula is C16H16ClFN2O3. The first kappa shape index (κ1) is 15.9. The van der Waals surface area contributed by atoms with E-state index in [9.17, 15) is 14.0 Å². The Bertz CT molecular complexity index is 859. The molecule has 5 nitrogen and oxygen atoms in total. The summed E-state index contributed by atoms with van der Waals surface area (Å²) >= 11 is 5.88. The van der Waals surface area contributed by atoms with Crippen LogP contribution in [0.15, 0.2) is 11.0 Å². The number of hydrogen-bond donors (Lipinski definition) is 0. The maximum atomic E-state index is 14.3. The zero-order valence-corrected chi connectivity index (χ0v) is 13.6. The van der Waals surface area contributed by atoms with Crippen molar-refractivity contribution in [3.8, 4) is 0 Å². The highest BCUT2D eigenvalue weighted by Gasteiger charge is 2.29. The van der Waals surface area contributed by atoms with E-state index in [1.165, 1.54) is 6.20 Å². The van der Waals surface area contributed by atoms with Crippen LogP contribution in [0.3, 0.4) is 0 Å². The summed E-state index contributed by atoms with van der Waals surface area (Å²) in [5.41, 5.74) is -0.140. The van der Waals surface area contributed by atoms with Crippen LogP contribution in [0, 0.1) is 5.82 Å². The normalized spacial score (nSPS) is 14.3. The van der Waals surface area contributed by atoms with Crippen LogP contribution >= 0.6 is 11.6 Å². The standard InChI is InChI=1S/C16H16ClFN2O3/c1-3-9-11-13(21)10(16(22)23-4-2)7-20(8-5-6-8)15(11)19-14(17)12(9)18/h7-8H,3-6H2,1-2H3. The average molecular weight is 339 g/mol. The maximum Gasteiger partial charge on any atom is 0.343 e. The Morgan fingerprint density at radius 2 is 2.17 bits per heavy atom. The van der Waals surface area contributed by atoms with Crippen molar-refractivity contribution in [2.24, 2.45) is 0 Å². The molecule has 1 saturated carbocycles. The van der Waals surface area contributed by atoms with Crippen LogP contribution in [-0.4, -0.2) is 22.1 Å². The molecule has 23 heavy (non-hydrogen) atoms. The highest BCUT2D eigenvalue weighted by atomic mass is 35.5. The van der Waals surface area contributed by atoms with Gasteiger partial charge in [-0.15, -0.1) is 0 Å². The van der Waals surface area contributed by atoms with E-state index in [4.69, 9.17) is 16.3 Å². The minimum Gasteiger partial charge on any atom is -0.462 e. The number of halogens is 2. The summed E-state index contributed by atoms with van der Waals surface area (Å²) in [6, 6.07) is 0.144. The van der Waals surface area contributed by atoms with Gasteiger partial charge in [0.25, 0.3) is 0 Å². The van der Waals surface area contributed by atoms with Crippen LogP contribution < -0.4 is 5.43 Å². The molecule has 0 spiro atoms. The molecule has 2 aromatic heterocycles. The molecule has 3 rings (SSSR count). The number of esters is 1. The first-order valence-electron chi connectivity index (χ1n) is 7.59. The Labute approximate surface area is 137 Å². The van der Waals surface area contributed by atoms with Crippen LogP contribution in [-0.2, 0) is 11.2 Å². The topological polar surface area (TPSA) is 61.2 Å². The lowest BCUT2D eigenvalue weighted by Gasteiger charge is -2.14. The Morgan fingerprint density at radius 3 is 2.74 bits per heavy atom. The van der Waals surface area contributed by atoms with Crippen LogP contribution in [0.4, 0.5) is 4.39 Å². The smallest absolute Gasteiger partial charge is 0.343 e. The zero-order valence-electron chi connectivity index (χ0n) is 12.9. The molecule has 2 heterocycles. The van der Waals surface area contributed by atoms with Gasteiger partial charge < -0.3 is 9.30 Å². The molecule has 0 radical (unpaired) electrons. The Balaban J connectivity index is 2.41. The van der Waals surface area contributed by atoms with Crippen LogP contribution in [0.25, 0.3) is 11.0 Å². The highest BCUT2D eigenvalue weighted by Crippen LogP contribution is 2.37. The van der Waals surface area contributed by atoms with Crippen LogP contribution in [0.5, 0.6) is 0 Å². The van der Waals surface area contributed by atoms with Crippen molar-refractivity contribution in [1.82, 2.24) is 9.55 Å². The monoisotopic (exact) mass is 338 g/mol. The van der Waals surface area contributed by atoms with Crippen molar-refractivity contribution in [2.75, 3.05) is 6.61 Å². The van der Waals surface area contributed by atoms with Gasteiger partial charge in [0.1, 0.15) is 11.2 Å². The summed E-state index contributed by atoms with van der Waals surface area (Å²) in [6.07, 6.45) is 3.56. The highest BCUT2D eigenvalue weighted by molar-refractivity contribution is 6.30. The number of nitrogens with zero attached hydrogens (tertiary/aromatic N) is 2. The molecule has 0 unspecified atom stereocenters. The first-order valence-corrected chi connectivity index (χ1v) is 7.97. The molecule has 0 atom stereocenters. The average Bonchev–Trinajstić information content (AvgIpc) is 3.34. The van der Waals surface area contributed by atoms with E-state index in [0.29, 0.717) is 5.65 Å². The lowest BCUT2D eigenvalue weighted by atomic mass is 10.1. The molecule has 122 valence electrons. The fourth-order valence-electron chi connectivity index (χ4n) is 2.70. The van der Waals surface area contributed by atoms with Crippen molar-refractivity contribution < 1.29 is 13.9 Å². The summed E-state index contributed by atoms with van der Waals surface area (Å²) < 4.78 is 21.0. The number of ether oxygens (including phenoxy) is 1. The van der Waals surface area contributed by atoms with E-state index in [1.807, 2.05) is 0 Å². The Kier molecular flexibility index (Phi) is 4.10. The minimum absolute atomic E-state index is 0.0931. The fraction of sp³-hybridized carbons (Fsp3) is 0.438. The number of fused-ring (bicyclic) bond motifs is 1. The van der Waals surface area contributed by atoms with Crippen LogP contribution in [0.1, 0.15) is 48.7 Å². The number of carbonyl (C=O) groups excluding carboxylic acids is 1. The number of hydrogen-bond acceptors (Lipinski definition) is 4. The van der Waals surface area contributed by atoms with E-state index in [0.717, 1.165) is 12.8 Å². The van der Waals surface area contributed by atoms with Crippen molar-refractivity contribution in [2.45, 2.75) is 39.2 Å². The van der Waals surface area contributed by atoms with Gasteiger partial charge in [-0.05, 0) is 26.2 Å². The molecular weight excluding hydrogens is 323 g/mol. The van der Waals surface area contributed by atoms with Gasteiger partial charge in [-0.2, -0.15) is 0 Å². The van der Waals surface area contributed by atoms with Gasteiger partial charge in [0.15, 0.2) is 11.0 Å². The molecule has 0 aromatic carbocycles. The third kappa shape index (κ3) is 2.61. The predicted molar refractivity (Wildman–Crippen MR) is 84.6 cm³/mol. The molecule has 1 aliphatic rings. The van der Waals surface area contributed by atoms with Gasteiger partial charge >= 0.3 is 5.97 Å². The maximum absolute atomic E-state index is 14.3. The lowest BCUT2D eigenvalue weighted by molar-refractivity contribution is 0.0524. The number of carbonyl (C=O) groups is 1. The molecule has 1 aliphatic carbocycles. The number of aryl methyl sites for hydroxylation is 1. The Hall–Kier alpha value is -1.95. The third-order valence-corrected chi connectivity index (χ3v) is 4.20. The van der Waals surface area contributed by atoms with Gasteiger partial charge in [-0.25, -0.2) is 14.2 Å². The van der Waals surface area contributed by atoms with Gasteiger partial charge in [0.05, 0.1) is 12.0 Å². The second-order valence-electron chi connectivity index (χ2n) is 5.48. The predicted octanol–water partition coefficient (Wildman–Crippen LogP) is 3.26. The number of aromatic nitrogens is 2. The molecule has 0 N–H and O–H groups in total. The second-order valence-corrected chi connectivity index (χ2v) is 5.84. The second kappa shape index (κ2) is 5.92. The quantitative estimate of drug-likeness (QED) is 0.634. The number of rotatable bonds is 4. The van der Waals surface area contributed by atoms with Gasteiger partial charge in [0.2, 0.25) is 5.43 Å². The lowest BCUT2D eigenvalue weighted by Crippen LogP contribution is -2.23. The number of pyridine rings is 2. The van der Waals surface area contributed by atoms with E-state index in [2.05, 4.69) is 4.98 Å². The summed E-state index contributed by atoms with van der Waals surface area (Å²) in [5, 5.41) is -0.140. The van der Waals surface area contributed by atoms with E-state index in [-0.39, 0.29) is 40.7 Å². The fourth-order valence-corrected chi connectivity index (χ4v) is 2.90. The SMILES string of the molecule is CCOC(=O)c1cn(C2CC2)c2nc(Cl)c(F)c(CC)c2c1=O.